The van der Waals surface area contributed by atoms with Crippen molar-refractivity contribution in [2.75, 3.05) is 92.9 Å². The Kier molecular flexibility index (Phi) is 18.4. The lowest BCUT2D eigenvalue weighted by Gasteiger charge is -2.26. The molecule has 1 aliphatic heterocycles. The summed E-state index contributed by atoms with van der Waals surface area (Å²) >= 11 is 0. The Bertz CT molecular complexity index is 683. The van der Waals surface area contributed by atoms with E-state index in [1.54, 1.807) is 7.05 Å². The van der Waals surface area contributed by atoms with E-state index in [2.05, 4.69) is 0 Å². The second-order valence-corrected chi connectivity index (χ2v) is 8.46. The first kappa shape index (κ1) is 32.8. The average molecular weight is 531 g/mol. The number of amides is 3. The minimum absolute atomic E-state index is 0.0689. The molecule has 1 rings (SSSR count). The van der Waals surface area contributed by atoms with Gasteiger partial charge < -0.3 is 38.1 Å². The van der Waals surface area contributed by atoms with Crippen LogP contribution in [0.25, 0.3) is 0 Å². The molecule has 12 heteroatoms. The number of ether oxygens (including phenoxy) is 6. The number of hydrogen-bond donors (Lipinski definition) is 0. The lowest BCUT2D eigenvalue weighted by molar-refractivity contribution is -0.138. The second kappa shape index (κ2) is 20.8. The number of nitrogens with zero attached hydrogens (tertiary/aromatic N) is 2. The summed E-state index contributed by atoms with van der Waals surface area (Å²) in [4.78, 5) is 48.5. The van der Waals surface area contributed by atoms with Gasteiger partial charge in [0.15, 0.2) is 0 Å². The van der Waals surface area contributed by atoms with Crippen molar-refractivity contribution in [2.24, 2.45) is 5.92 Å². The van der Waals surface area contributed by atoms with Crippen molar-refractivity contribution in [3.05, 3.63) is 12.2 Å². The fourth-order valence-electron chi connectivity index (χ4n) is 3.21. The number of likely N-dealkylation sites (N-methyl/N-ethyl adjacent to an activating group) is 1. The molecular weight excluding hydrogens is 488 g/mol. The van der Waals surface area contributed by atoms with Crippen LogP contribution in [0, 0.1) is 5.92 Å². The lowest BCUT2D eigenvalue weighted by atomic mass is 10.0. The van der Waals surface area contributed by atoms with E-state index >= 15 is 0 Å². The molecule has 1 unspecified atom stereocenters. The molecule has 0 saturated heterocycles. The van der Waals surface area contributed by atoms with Crippen molar-refractivity contribution in [1.82, 2.24) is 9.80 Å². The summed E-state index contributed by atoms with van der Waals surface area (Å²) in [7, 11) is 1.63. The third-order valence-corrected chi connectivity index (χ3v) is 5.34. The molecule has 37 heavy (non-hydrogen) atoms. The molecule has 0 bridgehead atoms. The van der Waals surface area contributed by atoms with Gasteiger partial charge in [0.05, 0.1) is 98.3 Å². The molecule has 0 aromatic carbocycles. The fraction of sp³-hybridized carbons (Fsp3) is 0.760. The van der Waals surface area contributed by atoms with Crippen molar-refractivity contribution in [1.29, 1.82) is 0 Å². The van der Waals surface area contributed by atoms with Gasteiger partial charge in [-0.2, -0.15) is 0 Å². The summed E-state index contributed by atoms with van der Waals surface area (Å²) in [5.41, 5.74) is 0. The standard InChI is InChI=1S/C25H42N2O10/c1-21(2)22(20-28)26(3)23(29)6-8-32-10-12-34-14-16-36-18-19-37-17-15-35-13-11-33-9-7-27-24(30)4-5-25(27)31/h4-5,20-22H,6-19H2,1-3H3. The smallest absolute Gasteiger partial charge is 0.253 e. The van der Waals surface area contributed by atoms with E-state index < -0.39 is 6.04 Å². The highest BCUT2D eigenvalue weighted by atomic mass is 16.6. The third-order valence-electron chi connectivity index (χ3n) is 5.34. The summed E-state index contributed by atoms with van der Waals surface area (Å²) in [5, 5.41) is 0. The molecule has 1 atom stereocenters. The molecule has 12 nitrogen and oxygen atoms in total. The maximum Gasteiger partial charge on any atom is 0.253 e. The van der Waals surface area contributed by atoms with Gasteiger partial charge in [-0.05, 0) is 5.92 Å². The monoisotopic (exact) mass is 530 g/mol. The van der Waals surface area contributed by atoms with Gasteiger partial charge >= 0.3 is 0 Å². The van der Waals surface area contributed by atoms with Crippen molar-refractivity contribution in [2.45, 2.75) is 26.3 Å². The number of imide groups is 1. The van der Waals surface area contributed by atoms with Gasteiger partial charge in [0, 0.05) is 19.2 Å². The molecule has 0 radical (unpaired) electrons. The summed E-state index contributed by atoms with van der Waals surface area (Å²) in [5.74, 6) is -0.679. The zero-order chi connectivity index (χ0) is 27.3. The van der Waals surface area contributed by atoms with Crippen LogP contribution < -0.4 is 0 Å². The molecule has 1 aliphatic rings. The van der Waals surface area contributed by atoms with Gasteiger partial charge in [0.2, 0.25) is 5.91 Å². The highest BCUT2D eigenvalue weighted by Gasteiger charge is 2.23. The summed E-state index contributed by atoms with van der Waals surface area (Å²) in [6, 6.07) is -0.418. The minimum atomic E-state index is -0.418. The van der Waals surface area contributed by atoms with Crippen LogP contribution in [0.5, 0.6) is 0 Å². The predicted molar refractivity (Wildman–Crippen MR) is 133 cm³/mol. The first-order valence-corrected chi connectivity index (χ1v) is 12.6. The molecule has 0 N–H and O–H groups in total. The van der Waals surface area contributed by atoms with Crippen LogP contribution in [0.15, 0.2) is 12.2 Å². The first-order chi connectivity index (χ1) is 17.9. The number of carbonyl (C=O) groups is 4. The molecule has 0 spiro atoms. The normalized spacial score (nSPS) is 14.1. The van der Waals surface area contributed by atoms with Crippen LogP contribution in [0.1, 0.15) is 20.3 Å². The van der Waals surface area contributed by atoms with E-state index in [9.17, 15) is 19.2 Å². The molecule has 0 fully saturated rings. The van der Waals surface area contributed by atoms with Gasteiger partial charge in [-0.25, -0.2) is 0 Å². The van der Waals surface area contributed by atoms with Crippen LogP contribution in [0.3, 0.4) is 0 Å². The van der Waals surface area contributed by atoms with Crippen LogP contribution in [-0.4, -0.2) is 133 Å². The van der Waals surface area contributed by atoms with Gasteiger partial charge in [0.1, 0.15) is 6.29 Å². The van der Waals surface area contributed by atoms with Gasteiger partial charge in [-0.1, -0.05) is 13.8 Å². The number of carbonyl (C=O) groups excluding carboxylic acids is 4. The molecule has 212 valence electrons. The van der Waals surface area contributed by atoms with E-state index in [1.807, 2.05) is 13.8 Å². The maximum atomic E-state index is 12.1. The van der Waals surface area contributed by atoms with E-state index in [0.29, 0.717) is 66.1 Å². The third kappa shape index (κ3) is 14.9. The number of hydrogen-bond acceptors (Lipinski definition) is 10. The highest BCUT2D eigenvalue weighted by molar-refractivity contribution is 6.12. The Morgan fingerprint density at radius 3 is 1.51 bits per heavy atom. The van der Waals surface area contributed by atoms with Gasteiger partial charge in [-0.15, -0.1) is 0 Å². The molecule has 0 aliphatic carbocycles. The zero-order valence-corrected chi connectivity index (χ0v) is 22.3. The van der Waals surface area contributed by atoms with E-state index in [0.717, 1.165) is 11.2 Å². The lowest BCUT2D eigenvalue weighted by Crippen LogP contribution is -2.41. The SMILES string of the molecule is CC(C)C(C=O)N(C)C(=O)CCOCCOCCOCCOCCOCCOCCN1C(=O)C=CC1=O. The Labute approximate surface area is 219 Å². The second-order valence-electron chi connectivity index (χ2n) is 8.46. The number of rotatable bonds is 24. The first-order valence-electron chi connectivity index (χ1n) is 12.6. The average Bonchev–Trinajstić information content (AvgIpc) is 3.19. The van der Waals surface area contributed by atoms with Crippen molar-refractivity contribution in [3.63, 3.8) is 0 Å². The van der Waals surface area contributed by atoms with E-state index in [4.69, 9.17) is 28.4 Å². The maximum absolute atomic E-state index is 12.1. The Balaban J connectivity index is 1.77. The molecular formula is C25H42N2O10. The molecule has 3 amide bonds. The summed E-state index contributed by atoms with van der Waals surface area (Å²) < 4.78 is 32.4. The van der Waals surface area contributed by atoms with Gasteiger partial charge in [-0.3, -0.25) is 19.3 Å². The van der Waals surface area contributed by atoms with Crippen LogP contribution >= 0.6 is 0 Å². The highest BCUT2D eigenvalue weighted by Crippen LogP contribution is 2.08. The largest absolute Gasteiger partial charge is 0.379 e. The zero-order valence-electron chi connectivity index (χ0n) is 22.3. The van der Waals surface area contributed by atoms with Crippen molar-refractivity contribution < 1.29 is 47.6 Å². The van der Waals surface area contributed by atoms with Crippen LogP contribution in [0.2, 0.25) is 0 Å². The Morgan fingerprint density at radius 2 is 1.14 bits per heavy atom. The number of aldehydes is 1. The van der Waals surface area contributed by atoms with Crippen molar-refractivity contribution in [3.8, 4) is 0 Å². The van der Waals surface area contributed by atoms with E-state index in [1.165, 1.54) is 17.1 Å². The van der Waals surface area contributed by atoms with Crippen molar-refractivity contribution >= 4 is 24.0 Å². The Morgan fingerprint density at radius 1 is 0.757 bits per heavy atom. The molecule has 1 heterocycles. The van der Waals surface area contributed by atoms with Crippen LogP contribution in [0.4, 0.5) is 0 Å². The molecule has 0 saturated carbocycles. The predicted octanol–water partition coefficient (Wildman–Crippen LogP) is 0.0830. The van der Waals surface area contributed by atoms with E-state index in [-0.39, 0.29) is 49.8 Å². The topological polar surface area (TPSA) is 130 Å². The molecule has 0 aromatic rings. The quantitative estimate of drug-likeness (QED) is 0.0961. The van der Waals surface area contributed by atoms with Crippen LogP contribution in [-0.2, 0) is 47.6 Å². The fourth-order valence-corrected chi connectivity index (χ4v) is 3.21. The molecule has 0 aromatic heterocycles. The summed E-state index contributed by atoms with van der Waals surface area (Å²) in [6.07, 6.45) is 3.51. The van der Waals surface area contributed by atoms with Gasteiger partial charge in [0.25, 0.3) is 11.8 Å². The minimum Gasteiger partial charge on any atom is -0.379 e. The Hall–Kier alpha value is -2.22. The summed E-state index contributed by atoms with van der Waals surface area (Å²) in [6.45, 7) is 8.75.